The summed E-state index contributed by atoms with van der Waals surface area (Å²) in [4.78, 5) is 9.44. The lowest BCUT2D eigenvalue weighted by Crippen LogP contribution is -2.40. The quantitative estimate of drug-likeness (QED) is 0.621. The number of nitriles is 1. The molecule has 0 radical (unpaired) electrons. The maximum Gasteiger partial charge on any atom is 0.201 e. The fraction of sp³-hybridized carbons (Fsp3) is 0.417. The summed E-state index contributed by atoms with van der Waals surface area (Å²) in [6, 6.07) is 14.6. The number of aromatic nitrogens is 1. The van der Waals surface area contributed by atoms with Crippen LogP contribution in [0.4, 0.5) is 5.69 Å². The van der Waals surface area contributed by atoms with E-state index in [1.54, 1.807) is 0 Å². The minimum Gasteiger partial charge on any atom is -0.438 e. The fourth-order valence-electron chi connectivity index (χ4n) is 4.14. The molecule has 5 nitrogen and oxygen atoms in total. The molecule has 1 unspecified atom stereocenters. The van der Waals surface area contributed by atoms with E-state index in [-0.39, 0.29) is 11.6 Å². The molecule has 1 saturated heterocycles. The van der Waals surface area contributed by atoms with E-state index in [1.165, 1.54) is 0 Å². The number of benzene rings is 2. The number of hydrogen-bond donors (Lipinski definition) is 0. The summed E-state index contributed by atoms with van der Waals surface area (Å²) in [5, 5.41) is 9.86. The third-order valence-electron chi connectivity index (χ3n) is 5.59. The smallest absolute Gasteiger partial charge is 0.201 e. The van der Waals surface area contributed by atoms with E-state index >= 15 is 0 Å². The van der Waals surface area contributed by atoms with E-state index < -0.39 is 0 Å². The van der Waals surface area contributed by atoms with Crippen molar-refractivity contribution in [3.8, 4) is 17.2 Å². The number of oxazole rings is 1. The summed E-state index contributed by atoms with van der Waals surface area (Å²) >= 11 is 0. The van der Waals surface area contributed by atoms with Crippen LogP contribution in [0, 0.1) is 11.3 Å². The number of fused-ring (bicyclic) bond motifs is 1. The summed E-state index contributed by atoms with van der Waals surface area (Å²) in [7, 11) is 4.24. The average Bonchev–Trinajstić information content (AvgIpc) is 3.34. The Morgan fingerprint density at radius 2 is 1.93 bits per heavy atom. The summed E-state index contributed by atoms with van der Waals surface area (Å²) in [6.07, 6.45) is 2.51. The van der Waals surface area contributed by atoms with Gasteiger partial charge >= 0.3 is 0 Å². The van der Waals surface area contributed by atoms with Crippen LogP contribution in [0.15, 0.2) is 40.8 Å². The molecule has 1 atom stereocenters. The van der Waals surface area contributed by atoms with Crippen LogP contribution in [-0.4, -0.2) is 36.7 Å². The molecule has 4 rings (SSSR count). The lowest BCUT2D eigenvalue weighted by molar-refractivity contribution is 0.301. The van der Waals surface area contributed by atoms with Crippen molar-refractivity contribution in [3.63, 3.8) is 0 Å². The molecule has 1 fully saturated rings. The van der Waals surface area contributed by atoms with Crippen molar-refractivity contribution in [1.29, 1.82) is 5.26 Å². The van der Waals surface area contributed by atoms with Gasteiger partial charge < -0.3 is 9.32 Å². The van der Waals surface area contributed by atoms with Crippen LogP contribution in [0.3, 0.4) is 0 Å². The molecule has 2 aromatic carbocycles. The summed E-state index contributed by atoms with van der Waals surface area (Å²) in [5.41, 5.74) is 4.87. The molecule has 0 N–H and O–H groups in total. The standard InChI is InChI=1S/C24H28N4O/c1-24(2,3)23-26-20-17(15-25)14-18(16-10-7-6-8-11-16)21(22(20)29-23)28-13-9-12-19(28)27(4)5/h6-8,10-11,14,19H,9,12-13H2,1-5H3. The van der Waals surface area contributed by atoms with E-state index in [1.807, 2.05) is 24.3 Å². The first-order valence-corrected chi connectivity index (χ1v) is 10.2. The molecule has 0 bridgehead atoms. The first-order valence-electron chi connectivity index (χ1n) is 10.2. The van der Waals surface area contributed by atoms with Crippen LogP contribution in [0.2, 0.25) is 0 Å². The predicted octanol–water partition coefficient (Wildman–Crippen LogP) is 5.15. The molecule has 0 spiro atoms. The second-order valence-electron chi connectivity index (χ2n) is 9.02. The van der Waals surface area contributed by atoms with Gasteiger partial charge in [0.05, 0.1) is 17.4 Å². The van der Waals surface area contributed by atoms with Crippen LogP contribution in [0.5, 0.6) is 0 Å². The summed E-state index contributed by atoms with van der Waals surface area (Å²) in [5.74, 6) is 0.663. The van der Waals surface area contributed by atoms with Gasteiger partial charge in [0.25, 0.3) is 0 Å². The molecule has 150 valence electrons. The zero-order valence-electron chi connectivity index (χ0n) is 17.9. The Balaban J connectivity index is 2.07. The Morgan fingerprint density at radius 1 is 1.21 bits per heavy atom. The fourth-order valence-corrected chi connectivity index (χ4v) is 4.14. The SMILES string of the molecule is CN(C)C1CCCN1c1c(-c2ccccc2)cc(C#N)c2nc(C(C)(C)C)oc12. The minimum absolute atomic E-state index is 0.234. The first kappa shape index (κ1) is 19.5. The first-order chi connectivity index (χ1) is 13.8. The largest absolute Gasteiger partial charge is 0.438 e. The van der Waals surface area contributed by atoms with E-state index in [0.717, 1.165) is 41.8 Å². The molecule has 0 aliphatic carbocycles. The van der Waals surface area contributed by atoms with E-state index in [0.29, 0.717) is 17.0 Å². The lowest BCUT2D eigenvalue weighted by atomic mass is 9.97. The molecular formula is C24H28N4O. The van der Waals surface area contributed by atoms with Gasteiger partial charge in [-0.2, -0.15) is 5.26 Å². The maximum atomic E-state index is 9.86. The van der Waals surface area contributed by atoms with Crippen molar-refractivity contribution >= 4 is 16.8 Å². The lowest BCUT2D eigenvalue weighted by Gasteiger charge is -2.33. The second kappa shape index (κ2) is 7.20. The third-order valence-corrected chi connectivity index (χ3v) is 5.59. The molecule has 1 aliphatic heterocycles. The molecule has 5 heteroatoms. The highest BCUT2D eigenvalue weighted by Gasteiger charge is 2.33. The minimum atomic E-state index is -0.234. The van der Waals surface area contributed by atoms with E-state index in [9.17, 15) is 5.26 Å². The van der Waals surface area contributed by atoms with Crippen molar-refractivity contribution < 1.29 is 4.42 Å². The van der Waals surface area contributed by atoms with Crippen LogP contribution in [-0.2, 0) is 5.41 Å². The Bertz CT molecular complexity index is 1070. The summed E-state index contributed by atoms with van der Waals surface area (Å²) < 4.78 is 6.39. The highest BCUT2D eigenvalue weighted by Crippen LogP contribution is 2.43. The van der Waals surface area contributed by atoms with Gasteiger partial charge in [-0.3, -0.25) is 4.90 Å². The average molecular weight is 389 g/mol. The van der Waals surface area contributed by atoms with Crippen molar-refractivity contribution in [2.24, 2.45) is 0 Å². The maximum absolute atomic E-state index is 9.86. The van der Waals surface area contributed by atoms with Gasteiger partial charge in [0.1, 0.15) is 11.6 Å². The van der Waals surface area contributed by atoms with Crippen molar-refractivity contribution in [2.75, 3.05) is 25.5 Å². The van der Waals surface area contributed by atoms with Crippen molar-refractivity contribution in [3.05, 3.63) is 47.9 Å². The molecule has 3 aromatic rings. The Hall–Kier alpha value is -2.84. The highest BCUT2D eigenvalue weighted by atomic mass is 16.4. The summed E-state index contributed by atoms with van der Waals surface area (Å²) in [6.45, 7) is 7.20. The predicted molar refractivity (Wildman–Crippen MR) is 117 cm³/mol. The number of rotatable bonds is 3. The van der Waals surface area contributed by atoms with Crippen LogP contribution in [0.25, 0.3) is 22.2 Å². The highest BCUT2D eigenvalue weighted by molar-refractivity contribution is 6.00. The van der Waals surface area contributed by atoms with E-state index in [4.69, 9.17) is 9.40 Å². The third kappa shape index (κ3) is 3.38. The van der Waals surface area contributed by atoms with Gasteiger partial charge in [-0.25, -0.2) is 4.98 Å². The second-order valence-corrected chi connectivity index (χ2v) is 9.02. The molecule has 0 saturated carbocycles. The normalized spacial score (nSPS) is 17.3. The molecule has 0 amide bonds. The monoisotopic (exact) mass is 388 g/mol. The van der Waals surface area contributed by atoms with Crippen molar-refractivity contribution in [2.45, 2.75) is 45.2 Å². The topological polar surface area (TPSA) is 56.3 Å². The van der Waals surface area contributed by atoms with Gasteiger partial charge in [0, 0.05) is 17.5 Å². The Morgan fingerprint density at radius 3 is 2.55 bits per heavy atom. The molecule has 1 aliphatic rings. The van der Waals surface area contributed by atoms with Gasteiger partial charge in [-0.05, 0) is 38.6 Å². The molecular weight excluding hydrogens is 360 g/mol. The van der Waals surface area contributed by atoms with Gasteiger partial charge in [-0.15, -0.1) is 0 Å². The molecule has 29 heavy (non-hydrogen) atoms. The van der Waals surface area contributed by atoms with E-state index in [2.05, 4.69) is 62.9 Å². The van der Waals surface area contributed by atoms with Crippen LogP contribution >= 0.6 is 0 Å². The Labute approximate surface area is 172 Å². The van der Waals surface area contributed by atoms with Gasteiger partial charge in [0.2, 0.25) is 5.89 Å². The number of anilines is 1. The molecule has 2 heterocycles. The van der Waals surface area contributed by atoms with Gasteiger partial charge in [0.15, 0.2) is 5.58 Å². The number of nitrogens with zero attached hydrogens (tertiary/aromatic N) is 4. The Kier molecular flexibility index (Phi) is 4.84. The van der Waals surface area contributed by atoms with Gasteiger partial charge in [-0.1, -0.05) is 51.1 Å². The molecule has 1 aromatic heterocycles. The van der Waals surface area contributed by atoms with Crippen LogP contribution < -0.4 is 4.90 Å². The van der Waals surface area contributed by atoms with Crippen molar-refractivity contribution in [1.82, 2.24) is 9.88 Å². The number of hydrogen-bond acceptors (Lipinski definition) is 5. The zero-order valence-corrected chi connectivity index (χ0v) is 17.9. The van der Waals surface area contributed by atoms with Crippen LogP contribution in [0.1, 0.15) is 45.1 Å². The zero-order chi connectivity index (χ0) is 20.8.